The Kier molecular flexibility index (Phi) is 3.07. The highest BCUT2D eigenvalue weighted by Crippen LogP contribution is 2.15. The van der Waals surface area contributed by atoms with Gasteiger partial charge < -0.3 is 5.73 Å². The molecule has 0 aliphatic carbocycles. The van der Waals surface area contributed by atoms with Crippen LogP contribution in [0, 0.1) is 0 Å². The SMILES string of the molecule is NC1=NN=C(c2cccs2)/C1=N\Nc1ccccc1. The van der Waals surface area contributed by atoms with Crippen LogP contribution in [-0.2, 0) is 0 Å². The minimum atomic E-state index is 0.326. The quantitative estimate of drug-likeness (QED) is 0.839. The molecule has 0 bridgehead atoms. The van der Waals surface area contributed by atoms with E-state index in [1.807, 2.05) is 47.8 Å². The number of para-hydroxylation sites is 1. The van der Waals surface area contributed by atoms with Crippen LogP contribution in [0.4, 0.5) is 5.69 Å². The molecule has 3 rings (SSSR count). The third-order valence-electron chi connectivity index (χ3n) is 2.55. The van der Waals surface area contributed by atoms with Crippen LogP contribution < -0.4 is 11.2 Å². The maximum Gasteiger partial charge on any atom is 0.176 e. The fourth-order valence-electron chi connectivity index (χ4n) is 1.64. The van der Waals surface area contributed by atoms with Gasteiger partial charge in [-0.3, -0.25) is 5.43 Å². The van der Waals surface area contributed by atoms with Crippen LogP contribution in [0.3, 0.4) is 0 Å². The van der Waals surface area contributed by atoms with E-state index in [0.29, 0.717) is 17.3 Å². The van der Waals surface area contributed by atoms with Gasteiger partial charge in [0.1, 0.15) is 5.71 Å². The lowest BCUT2D eigenvalue weighted by molar-refractivity contribution is 1.26. The molecular formula is C13H11N5S. The number of anilines is 1. The molecule has 19 heavy (non-hydrogen) atoms. The monoisotopic (exact) mass is 269 g/mol. The smallest absolute Gasteiger partial charge is 0.176 e. The number of hydrogen-bond donors (Lipinski definition) is 2. The molecule has 0 amide bonds. The van der Waals surface area contributed by atoms with Crippen LogP contribution in [0.5, 0.6) is 0 Å². The average molecular weight is 269 g/mol. The minimum Gasteiger partial charge on any atom is -0.380 e. The molecule has 0 unspecified atom stereocenters. The van der Waals surface area contributed by atoms with E-state index in [1.54, 1.807) is 11.3 Å². The Hall–Kier alpha value is -2.47. The van der Waals surface area contributed by atoms with Crippen molar-refractivity contribution in [3.8, 4) is 0 Å². The van der Waals surface area contributed by atoms with Gasteiger partial charge in [-0.2, -0.15) is 5.10 Å². The van der Waals surface area contributed by atoms with E-state index in [0.717, 1.165) is 10.6 Å². The van der Waals surface area contributed by atoms with Crippen molar-refractivity contribution in [2.24, 2.45) is 21.0 Å². The zero-order chi connectivity index (χ0) is 13.1. The van der Waals surface area contributed by atoms with Crippen LogP contribution in [0.2, 0.25) is 0 Å². The number of hydrazone groups is 1. The maximum absolute atomic E-state index is 5.81. The molecule has 0 fully saturated rings. The van der Waals surface area contributed by atoms with Crippen LogP contribution in [0.15, 0.2) is 63.1 Å². The van der Waals surface area contributed by atoms with E-state index in [9.17, 15) is 0 Å². The van der Waals surface area contributed by atoms with E-state index < -0.39 is 0 Å². The molecule has 1 aromatic heterocycles. The van der Waals surface area contributed by atoms with Gasteiger partial charge in [0.15, 0.2) is 11.5 Å². The first-order valence-electron chi connectivity index (χ1n) is 5.69. The molecule has 2 aromatic rings. The van der Waals surface area contributed by atoms with Crippen molar-refractivity contribution < 1.29 is 0 Å². The summed E-state index contributed by atoms with van der Waals surface area (Å²) in [5.41, 5.74) is 10.9. The lowest BCUT2D eigenvalue weighted by atomic mass is 10.2. The predicted molar refractivity (Wildman–Crippen MR) is 80.0 cm³/mol. The zero-order valence-electron chi connectivity index (χ0n) is 9.95. The predicted octanol–water partition coefficient (Wildman–Crippen LogP) is 2.29. The van der Waals surface area contributed by atoms with Gasteiger partial charge in [0.25, 0.3) is 0 Å². The summed E-state index contributed by atoms with van der Waals surface area (Å²) < 4.78 is 0. The third kappa shape index (κ3) is 2.38. The molecule has 94 valence electrons. The highest BCUT2D eigenvalue weighted by molar-refractivity contribution is 7.13. The van der Waals surface area contributed by atoms with Gasteiger partial charge in [-0.15, -0.1) is 21.5 Å². The minimum absolute atomic E-state index is 0.326. The molecule has 0 saturated heterocycles. The van der Waals surface area contributed by atoms with E-state index in [-0.39, 0.29) is 0 Å². The first-order chi connectivity index (χ1) is 9.34. The number of nitrogens with zero attached hydrogens (tertiary/aromatic N) is 3. The summed E-state index contributed by atoms with van der Waals surface area (Å²) in [6.07, 6.45) is 0. The number of nitrogens with one attached hydrogen (secondary N) is 1. The van der Waals surface area contributed by atoms with E-state index >= 15 is 0 Å². The number of nitrogens with two attached hydrogens (primary N) is 1. The van der Waals surface area contributed by atoms with Crippen molar-refractivity contribution >= 4 is 34.3 Å². The molecule has 0 radical (unpaired) electrons. The molecule has 3 N–H and O–H groups in total. The number of hydrogen-bond acceptors (Lipinski definition) is 6. The first-order valence-corrected chi connectivity index (χ1v) is 6.57. The van der Waals surface area contributed by atoms with Crippen LogP contribution in [0.25, 0.3) is 0 Å². The lowest BCUT2D eigenvalue weighted by Gasteiger charge is -2.03. The summed E-state index contributed by atoms with van der Waals surface area (Å²) in [4.78, 5) is 0.998. The zero-order valence-corrected chi connectivity index (χ0v) is 10.8. The van der Waals surface area contributed by atoms with E-state index in [1.165, 1.54) is 0 Å². The Bertz CT molecular complexity index is 656. The van der Waals surface area contributed by atoms with Crippen molar-refractivity contribution in [2.75, 3.05) is 5.43 Å². The van der Waals surface area contributed by atoms with Gasteiger partial charge in [-0.05, 0) is 23.6 Å². The van der Waals surface area contributed by atoms with Crippen LogP contribution in [-0.4, -0.2) is 17.3 Å². The van der Waals surface area contributed by atoms with Crippen molar-refractivity contribution in [3.63, 3.8) is 0 Å². The Balaban J connectivity index is 1.86. The topological polar surface area (TPSA) is 75.1 Å². The highest BCUT2D eigenvalue weighted by Gasteiger charge is 2.22. The third-order valence-corrected chi connectivity index (χ3v) is 3.43. The van der Waals surface area contributed by atoms with E-state index in [4.69, 9.17) is 5.73 Å². The van der Waals surface area contributed by atoms with Crippen molar-refractivity contribution in [1.29, 1.82) is 0 Å². The average Bonchev–Trinajstić information content (AvgIpc) is 3.07. The van der Waals surface area contributed by atoms with Crippen molar-refractivity contribution in [2.45, 2.75) is 0 Å². The van der Waals surface area contributed by atoms with Gasteiger partial charge in [0.05, 0.1) is 10.6 Å². The Morgan fingerprint density at radius 2 is 1.89 bits per heavy atom. The van der Waals surface area contributed by atoms with E-state index in [2.05, 4.69) is 20.7 Å². The molecule has 6 heteroatoms. The summed E-state index contributed by atoms with van der Waals surface area (Å²) in [7, 11) is 0. The Morgan fingerprint density at radius 1 is 1.05 bits per heavy atom. The first kappa shape index (κ1) is 11.6. The van der Waals surface area contributed by atoms with Crippen molar-refractivity contribution in [1.82, 2.24) is 0 Å². The fraction of sp³-hybridized carbons (Fsp3) is 0. The number of thiophene rings is 1. The number of rotatable bonds is 3. The summed E-state index contributed by atoms with van der Waals surface area (Å²) in [5, 5.41) is 14.2. The summed E-state index contributed by atoms with van der Waals surface area (Å²) >= 11 is 1.58. The largest absolute Gasteiger partial charge is 0.380 e. The number of amidine groups is 1. The Morgan fingerprint density at radius 3 is 2.63 bits per heavy atom. The molecule has 1 aromatic carbocycles. The fourth-order valence-corrected chi connectivity index (χ4v) is 2.35. The molecule has 5 nitrogen and oxygen atoms in total. The van der Waals surface area contributed by atoms with Gasteiger partial charge in [-0.1, -0.05) is 24.3 Å². The molecule has 0 saturated carbocycles. The second kappa shape index (κ2) is 5.03. The lowest BCUT2D eigenvalue weighted by Crippen LogP contribution is -2.28. The van der Waals surface area contributed by atoms with Crippen LogP contribution in [0.1, 0.15) is 4.88 Å². The molecule has 1 aliphatic heterocycles. The maximum atomic E-state index is 5.81. The second-order valence-corrected chi connectivity index (χ2v) is 4.80. The Labute approximate surface area is 114 Å². The van der Waals surface area contributed by atoms with Gasteiger partial charge in [0.2, 0.25) is 0 Å². The van der Waals surface area contributed by atoms with Gasteiger partial charge in [0, 0.05) is 0 Å². The summed E-state index contributed by atoms with van der Waals surface area (Å²) in [5.74, 6) is 0.326. The molecular weight excluding hydrogens is 258 g/mol. The highest BCUT2D eigenvalue weighted by atomic mass is 32.1. The van der Waals surface area contributed by atoms with Gasteiger partial charge >= 0.3 is 0 Å². The molecule has 1 aliphatic rings. The summed E-state index contributed by atoms with van der Waals surface area (Å²) in [6, 6.07) is 13.6. The molecule has 0 spiro atoms. The normalized spacial score (nSPS) is 16.3. The second-order valence-electron chi connectivity index (χ2n) is 3.85. The van der Waals surface area contributed by atoms with Gasteiger partial charge in [-0.25, -0.2) is 0 Å². The number of benzene rings is 1. The molecule has 0 atom stereocenters. The molecule has 2 heterocycles. The standard InChI is InChI=1S/C13H11N5S/c14-13-12(17-15-9-5-2-1-3-6-9)11(16-18-13)10-7-4-8-19-10/h1-8,15H,(H2,14,17,18). The van der Waals surface area contributed by atoms with Crippen LogP contribution >= 0.6 is 11.3 Å². The van der Waals surface area contributed by atoms with Crippen molar-refractivity contribution in [3.05, 3.63) is 52.7 Å². The summed E-state index contributed by atoms with van der Waals surface area (Å²) in [6.45, 7) is 0.